The molecule has 0 fully saturated rings. The average molecular weight is 274 g/mol. The van der Waals surface area contributed by atoms with E-state index in [1.165, 1.54) is 12.1 Å². The van der Waals surface area contributed by atoms with Crippen molar-refractivity contribution in [3.8, 4) is 16.9 Å². The Kier molecular flexibility index (Phi) is 4.32. The van der Waals surface area contributed by atoms with Gasteiger partial charge in [0.05, 0.1) is 19.3 Å². The molecule has 0 saturated heterocycles. The molecule has 0 radical (unpaired) electrons. The Morgan fingerprint density at radius 3 is 2.65 bits per heavy atom. The fourth-order valence-electron chi connectivity index (χ4n) is 1.80. The van der Waals surface area contributed by atoms with Crippen LogP contribution in [0.1, 0.15) is 0 Å². The van der Waals surface area contributed by atoms with Gasteiger partial charge >= 0.3 is 0 Å². The fraction of sp³-hybridized carbons (Fsp3) is 0.133. The van der Waals surface area contributed by atoms with Crippen molar-refractivity contribution in [2.24, 2.45) is 5.73 Å². The number of hydrogen-bond acceptors (Lipinski definition) is 3. The van der Waals surface area contributed by atoms with Crippen molar-refractivity contribution in [1.29, 1.82) is 0 Å². The maximum absolute atomic E-state index is 13.9. The number of carbonyl (C=O) groups is 1. The molecule has 0 atom stereocenters. The second-order valence-electron chi connectivity index (χ2n) is 4.18. The van der Waals surface area contributed by atoms with Crippen LogP contribution in [0.3, 0.4) is 0 Å². The zero-order valence-corrected chi connectivity index (χ0v) is 11.0. The molecular weight excluding hydrogens is 259 g/mol. The quantitative estimate of drug-likeness (QED) is 0.899. The van der Waals surface area contributed by atoms with E-state index in [-0.39, 0.29) is 12.2 Å². The van der Waals surface area contributed by atoms with Gasteiger partial charge in [0.2, 0.25) is 5.91 Å². The van der Waals surface area contributed by atoms with Crippen LogP contribution in [0.2, 0.25) is 0 Å². The number of nitrogens with two attached hydrogens (primary N) is 1. The van der Waals surface area contributed by atoms with E-state index in [1.807, 2.05) is 24.3 Å². The molecule has 4 nitrogen and oxygen atoms in total. The minimum absolute atomic E-state index is 0.118. The second kappa shape index (κ2) is 6.16. The summed E-state index contributed by atoms with van der Waals surface area (Å²) in [4.78, 5) is 11.2. The summed E-state index contributed by atoms with van der Waals surface area (Å²) in [7, 11) is 1.57. The first kappa shape index (κ1) is 14.0. The monoisotopic (exact) mass is 274 g/mol. The number of methoxy groups -OCH3 is 1. The summed E-state index contributed by atoms with van der Waals surface area (Å²) in [5, 5.41) is 2.40. The molecule has 2 aromatic rings. The molecule has 20 heavy (non-hydrogen) atoms. The minimum Gasteiger partial charge on any atom is -0.497 e. The first-order chi connectivity index (χ1) is 9.63. The van der Waals surface area contributed by atoms with E-state index in [1.54, 1.807) is 13.2 Å². The number of amides is 1. The summed E-state index contributed by atoms with van der Waals surface area (Å²) in [5.41, 5.74) is 6.83. The molecule has 0 saturated carbocycles. The van der Waals surface area contributed by atoms with Crippen LogP contribution in [-0.4, -0.2) is 19.6 Å². The summed E-state index contributed by atoms with van der Waals surface area (Å²) in [6, 6.07) is 11.9. The molecule has 1 amide bonds. The maximum Gasteiger partial charge on any atom is 0.238 e. The van der Waals surface area contributed by atoms with Gasteiger partial charge in [-0.25, -0.2) is 4.39 Å². The molecule has 0 heterocycles. The maximum atomic E-state index is 13.9. The van der Waals surface area contributed by atoms with Crippen molar-refractivity contribution in [3.63, 3.8) is 0 Å². The SMILES string of the molecule is COc1cccc(-c2ccc(NC(=O)CN)c(F)c2)c1. The lowest BCUT2D eigenvalue weighted by Crippen LogP contribution is -2.22. The van der Waals surface area contributed by atoms with Crippen LogP contribution in [0.4, 0.5) is 10.1 Å². The Hall–Kier alpha value is -2.40. The van der Waals surface area contributed by atoms with Crippen LogP contribution in [0.15, 0.2) is 42.5 Å². The van der Waals surface area contributed by atoms with Crippen LogP contribution in [0, 0.1) is 5.82 Å². The van der Waals surface area contributed by atoms with Crippen molar-refractivity contribution >= 4 is 11.6 Å². The van der Waals surface area contributed by atoms with Gasteiger partial charge in [0.15, 0.2) is 0 Å². The van der Waals surface area contributed by atoms with Gasteiger partial charge in [0.25, 0.3) is 0 Å². The van der Waals surface area contributed by atoms with Crippen LogP contribution in [0.25, 0.3) is 11.1 Å². The molecule has 0 aliphatic rings. The summed E-state index contributed by atoms with van der Waals surface area (Å²) < 4.78 is 19.1. The highest BCUT2D eigenvalue weighted by Crippen LogP contribution is 2.26. The standard InChI is InChI=1S/C15H15FN2O2/c1-20-12-4-2-3-10(7-12)11-5-6-14(13(16)8-11)18-15(19)9-17/h2-8H,9,17H2,1H3,(H,18,19). The van der Waals surface area contributed by atoms with E-state index in [4.69, 9.17) is 10.5 Å². The van der Waals surface area contributed by atoms with E-state index in [0.717, 1.165) is 5.56 Å². The van der Waals surface area contributed by atoms with Crippen molar-refractivity contribution in [2.75, 3.05) is 19.0 Å². The lowest BCUT2D eigenvalue weighted by Gasteiger charge is -2.08. The van der Waals surface area contributed by atoms with Gasteiger partial charge in [-0.15, -0.1) is 0 Å². The third kappa shape index (κ3) is 3.13. The molecule has 5 heteroatoms. The van der Waals surface area contributed by atoms with Crippen LogP contribution in [-0.2, 0) is 4.79 Å². The van der Waals surface area contributed by atoms with Gasteiger partial charge in [-0.1, -0.05) is 18.2 Å². The minimum atomic E-state index is -0.507. The van der Waals surface area contributed by atoms with Crippen LogP contribution < -0.4 is 15.8 Å². The van der Waals surface area contributed by atoms with Gasteiger partial charge in [-0.3, -0.25) is 4.79 Å². The van der Waals surface area contributed by atoms with Crippen LogP contribution in [0.5, 0.6) is 5.75 Å². The molecule has 0 aliphatic carbocycles. The number of nitrogens with one attached hydrogen (secondary N) is 1. The molecule has 2 aromatic carbocycles. The lowest BCUT2D eigenvalue weighted by molar-refractivity contribution is -0.114. The number of anilines is 1. The third-order valence-corrected chi connectivity index (χ3v) is 2.83. The number of hydrogen-bond donors (Lipinski definition) is 2. The molecule has 0 bridgehead atoms. The van der Waals surface area contributed by atoms with E-state index in [9.17, 15) is 9.18 Å². The van der Waals surface area contributed by atoms with Crippen LogP contribution >= 0.6 is 0 Å². The molecule has 0 spiro atoms. The predicted octanol–water partition coefficient (Wildman–Crippen LogP) is 2.40. The Morgan fingerprint density at radius 1 is 1.25 bits per heavy atom. The zero-order chi connectivity index (χ0) is 14.5. The molecule has 2 rings (SSSR count). The largest absolute Gasteiger partial charge is 0.497 e. The van der Waals surface area contributed by atoms with E-state index >= 15 is 0 Å². The molecule has 0 aromatic heterocycles. The zero-order valence-electron chi connectivity index (χ0n) is 11.0. The normalized spacial score (nSPS) is 10.2. The molecule has 104 valence electrons. The molecule has 3 N–H and O–H groups in total. The average Bonchev–Trinajstić information content (AvgIpc) is 2.49. The number of benzene rings is 2. The number of halogens is 1. The highest BCUT2D eigenvalue weighted by Gasteiger charge is 2.08. The van der Waals surface area contributed by atoms with E-state index in [2.05, 4.69) is 5.32 Å². The smallest absolute Gasteiger partial charge is 0.238 e. The molecule has 0 unspecified atom stereocenters. The first-order valence-corrected chi connectivity index (χ1v) is 6.08. The van der Waals surface area contributed by atoms with E-state index < -0.39 is 11.7 Å². The van der Waals surface area contributed by atoms with Gasteiger partial charge in [-0.2, -0.15) is 0 Å². The number of ether oxygens (including phenoxy) is 1. The summed E-state index contributed by atoms with van der Waals surface area (Å²) >= 11 is 0. The van der Waals surface area contributed by atoms with Crippen molar-refractivity contribution in [3.05, 3.63) is 48.3 Å². The van der Waals surface area contributed by atoms with E-state index in [0.29, 0.717) is 11.3 Å². The third-order valence-electron chi connectivity index (χ3n) is 2.83. The second-order valence-corrected chi connectivity index (χ2v) is 4.18. The molecule has 0 aliphatic heterocycles. The number of rotatable bonds is 4. The summed E-state index contributed by atoms with van der Waals surface area (Å²) in [5.74, 6) is -0.242. The Bertz CT molecular complexity index is 629. The van der Waals surface area contributed by atoms with Gasteiger partial charge in [0, 0.05) is 0 Å². The fourth-order valence-corrected chi connectivity index (χ4v) is 1.80. The van der Waals surface area contributed by atoms with Gasteiger partial charge in [-0.05, 0) is 35.4 Å². The Morgan fingerprint density at radius 2 is 2.00 bits per heavy atom. The van der Waals surface area contributed by atoms with Gasteiger partial charge < -0.3 is 15.8 Å². The highest BCUT2D eigenvalue weighted by atomic mass is 19.1. The van der Waals surface area contributed by atoms with Crippen molar-refractivity contribution < 1.29 is 13.9 Å². The topological polar surface area (TPSA) is 64.3 Å². The lowest BCUT2D eigenvalue weighted by atomic mass is 10.0. The Balaban J connectivity index is 2.30. The predicted molar refractivity (Wildman–Crippen MR) is 76.1 cm³/mol. The molecular formula is C15H15FN2O2. The van der Waals surface area contributed by atoms with Crippen molar-refractivity contribution in [2.45, 2.75) is 0 Å². The summed E-state index contributed by atoms with van der Waals surface area (Å²) in [6.45, 7) is -0.183. The number of carbonyl (C=O) groups excluding carboxylic acids is 1. The highest BCUT2D eigenvalue weighted by molar-refractivity contribution is 5.92. The Labute approximate surface area is 116 Å². The summed E-state index contributed by atoms with van der Waals surface area (Å²) in [6.07, 6.45) is 0. The van der Waals surface area contributed by atoms with Gasteiger partial charge in [0.1, 0.15) is 11.6 Å². The van der Waals surface area contributed by atoms with Crippen molar-refractivity contribution in [1.82, 2.24) is 0 Å². The first-order valence-electron chi connectivity index (χ1n) is 6.08.